The number of nitrogens with zero attached hydrogens (tertiary/aromatic N) is 2. The molecule has 0 aromatic heterocycles. The highest BCUT2D eigenvalue weighted by Crippen LogP contribution is 2.14. The van der Waals surface area contributed by atoms with Crippen LogP contribution in [0.3, 0.4) is 0 Å². The van der Waals surface area contributed by atoms with Crippen molar-refractivity contribution in [2.24, 2.45) is 0 Å². The highest BCUT2D eigenvalue weighted by Gasteiger charge is 2.35. The van der Waals surface area contributed by atoms with Crippen LogP contribution in [0, 0.1) is 0 Å². The molecule has 0 radical (unpaired) electrons. The summed E-state index contributed by atoms with van der Waals surface area (Å²) in [5.74, 6) is -1.45. The molecule has 0 aromatic carbocycles. The average molecular weight is 284 g/mol. The van der Waals surface area contributed by atoms with Crippen LogP contribution in [0.1, 0.15) is 12.8 Å². The summed E-state index contributed by atoms with van der Waals surface area (Å²) in [5, 5.41) is 14.3. The van der Waals surface area contributed by atoms with Crippen molar-refractivity contribution in [1.82, 2.24) is 20.4 Å². The van der Waals surface area contributed by atoms with Gasteiger partial charge in [0.2, 0.25) is 5.91 Å². The second-order valence-electron chi connectivity index (χ2n) is 5.25. The molecule has 2 aliphatic heterocycles. The number of nitrogens with one attached hydrogen (secondary N) is 2. The number of carboxylic acid groups (broad SMARTS) is 1. The van der Waals surface area contributed by atoms with Crippen LogP contribution >= 0.6 is 0 Å². The molecular weight excluding hydrogens is 264 g/mol. The van der Waals surface area contributed by atoms with Gasteiger partial charge >= 0.3 is 12.0 Å². The number of likely N-dealkylation sites (tertiary alicyclic amines) is 1. The largest absolute Gasteiger partial charge is 0.480 e. The van der Waals surface area contributed by atoms with Gasteiger partial charge < -0.3 is 20.6 Å². The van der Waals surface area contributed by atoms with Crippen molar-refractivity contribution in [3.8, 4) is 0 Å². The summed E-state index contributed by atoms with van der Waals surface area (Å²) >= 11 is 0. The van der Waals surface area contributed by atoms with Crippen LogP contribution in [0.4, 0.5) is 4.79 Å². The van der Waals surface area contributed by atoms with E-state index in [1.54, 1.807) is 0 Å². The number of likely N-dealkylation sites (N-methyl/N-ethyl adjacent to an activating group) is 1. The topological polar surface area (TPSA) is 102 Å². The van der Waals surface area contributed by atoms with Crippen molar-refractivity contribution in [2.75, 3.05) is 33.2 Å². The Morgan fingerprint density at radius 3 is 2.85 bits per heavy atom. The molecule has 2 unspecified atom stereocenters. The molecular formula is C12H20N4O4. The fourth-order valence-corrected chi connectivity index (χ4v) is 2.62. The number of carboxylic acids is 1. The minimum Gasteiger partial charge on any atom is -0.480 e. The van der Waals surface area contributed by atoms with E-state index in [4.69, 9.17) is 5.11 Å². The van der Waals surface area contributed by atoms with Gasteiger partial charge in [0.25, 0.3) is 0 Å². The van der Waals surface area contributed by atoms with E-state index in [1.165, 1.54) is 0 Å². The Bertz CT molecular complexity index is 414. The molecule has 2 fully saturated rings. The van der Waals surface area contributed by atoms with Crippen LogP contribution in [-0.4, -0.2) is 78.1 Å². The van der Waals surface area contributed by atoms with Crippen molar-refractivity contribution in [3.63, 3.8) is 0 Å². The Balaban J connectivity index is 1.91. The highest BCUT2D eigenvalue weighted by molar-refractivity contribution is 5.90. The summed E-state index contributed by atoms with van der Waals surface area (Å²) in [6, 6.07) is -1.22. The molecule has 8 heteroatoms. The van der Waals surface area contributed by atoms with Crippen LogP contribution in [-0.2, 0) is 9.59 Å². The Labute approximate surface area is 117 Å². The van der Waals surface area contributed by atoms with Gasteiger partial charge in [-0.15, -0.1) is 0 Å². The molecule has 0 saturated carbocycles. The van der Waals surface area contributed by atoms with E-state index in [9.17, 15) is 14.4 Å². The van der Waals surface area contributed by atoms with Crippen LogP contribution in [0.15, 0.2) is 0 Å². The highest BCUT2D eigenvalue weighted by atomic mass is 16.4. The Hall–Kier alpha value is -1.83. The molecule has 2 heterocycles. The van der Waals surface area contributed by atoms with E-state index in [1.807, 2.05) is 7.05 Å². The SMILES string of the molecule is CN1CCCC1CNC(=O)N1CC(=O)NCC1C(=O)O. The van der Waals surface area contributed by atoms with E-state index in [0.717, 1.165) is 24.3 Å². The van der Waals surface area contributed by atoms with Gasteiger partial charge in [-0.05, 0) is 26.4 Å². The first-order valence-electron chi connectivity index (χ1n) is 6.73. The molecule has 3 N–H and O–H groups in total. The van der Waals surface area contributed by atoms with Gasteiger partial charge in [-0.2, -0.15) is 0 Å². The number of carbonyl (C=O) groups is 3. The van der Waals surface area contributed by atoms with Gasteiger partial charge in [-0.25, -0.2) is 9.59 Å². The number of aliphatic carboxylic acids is 1. The van der Waals surface area contributed by atoms with E-state index < -0.39 is 18.0 Å². The van der Waals surface area contributed by atoms with Crippen LogP contribution in [0.25, 0.3) is 0 Å². The molecule has 0 bridgehead atoms. The van der Waals surface area contributed by atoms with Gasteiger partial charge in [0.1, 0.15) is 12.6 Å². The standard InChI is InChI=1S/C12H20N4O4/c1-15-4-2-3-8(15)5-14-12(20)16-7-10(17)13-6-9(16)11(18)19/h8-9H,2-7H2,1H3,(H,13,17)(H,14,20)(H,18,19). The van der Waals surface area contributed by atoms with Gasteiger partial charge in [-0.1, -0.05) is 0 Å². The molecule has 2 aliphatic rings. The zero-order valence-corrected chi connectivity index (χ0v) is 11.5. The number of hydrogen-bond acceptors (Lipinski definition) is 4. The molecule has 2 atom stereocenters. The van der Waals surface area contributed by atoms with E-state index >= 15 is 0 Å². The third-order valence-corrected chi connectivity index (χ3v) is 3.89. The lowest BCUT2D eigenvalue weighted by molar-refractivity contribution is -0.144. The lowest BCUT2D eigenvalue weighted by Gasteiger charge is -2.33. The smallest absolute Gasteiger partial charge is 0.328 e. The monoisotopic (exact) mass is 284 g/mol. The van der Waals surface area contributed by atoms with E-state index in [-0.39, 0.29) is 25.0 Å². The maximum atomic E-state index is 12.1. The van der Waals surface area contributed by atoms with Gasteiger partial charge in [0.15, 0.2) is 0 Å². The lowest BCUT2D eigenvalue weighted by atomic mass is 10.2. The molecule has 8 nitrogen and oxygen atoms in total. The third kappa shape index (κ3) is 3.19. The fraction of sp³-hybridized carbons (Fsp3) is 0.750. The van der Waals surface area contributed by atoms with Crippen molar-refractivity contribution in [3.05, 3.63) is 0 Å². The van der Waals surface area contributed by atoms with Crippen molar-refractivity contribution < 1.29 is 19.5 Å². The first kappa shape index (κ1) is 14.6. The summed E-state index contributed by atoms with van der Waals surface area (Å²) in [5.41, 5.74) is 0. The molecule has 3 amide bonds. The van der Waals surface area contributed by atoms with Crippen molar-refractivity contribution in [2.45, 2.75) is 24.9 Å². The van der Waals surface area contributed by atoms with Crippen LogP contribution in [0.5, 0.6) is 0 Å². The van der Waals surface area contributed by atoms with E-state index in [0.29, 0.717) is 6.54 Å². The summed E-state index contributed by atoms with van der Waals surface area (Å²) in [4.78, 5) is 37.8. The predicted molar refractivity (Wildman–Crippen MR) is 70.2 cm³/mol. The maximum Gasteiger partial charge on any atom is 0.328 e. The zero-order valence-electron chi connectivity index (χ0n) is 11.5. The number of rotatable bonds is 3. The molecule has 112 valence electrons. The second kappa shape index (κ2) is 6.08. The number of amides is 3. The zero-order chi connectivity index (χ0) is 14.7. The van der Waals surface area contributed by atoms with Gasteiger partial charge in [-0.3, -0.25) is 9.69 Å². The predicted octanol–water partition coefficient (Wildman–Crippen LogP) is -1.32. The summed E-state index contributed by atoms with van der Waals surface area (Å²) < 4.78 is 0. The second-order valence-corrected chi connectivity index (χ2v) is 5.25. The van der Waals surface area contributed by atoms with E-state index in [2.05, 4.69) is 15.5 Å². The summed E-state index contributed by atoms with van der Waals surface area (Å²) in [6.07, 6.45) is 2.11. The van der Waals surface area contributed by atoms with Crippen LogP contribution in [0.2, 0.25) is 0 Å². The first-order valence-corrected chi connectivity index (χ1v) is 6.73. The fourth-order valence-electron chi connectivity index (χ4n) is 2.62. The normalized spacial score (nSPS) is 27.2. The maximum absolute atomic E-state index is 12.1. The van der Waals surface area contributed by atoms with Crippen LogP contribution < -0.4 is 10.6 Å². The molecule has 2 saturated heterocycles. The molecule has 2 rings (SSSR count). The average Bonchev–Trinajstić information content (AvgIpc) is 2.81. The molecule has 0 aromatic rings. The molecule has 20 heavy (non-hydrogen) atoms. The lowest BCUT2D eigenvalue weighted by Crippen LogP contribution is -2.61. The minimum absolute atomic E-state index is 0.0507. The Morgan fingerprint density at radius 2 is 2.25 bits per heavy atom. The number of carbonyl (C=O) groups excluding carboxylic acids is 2. The summed E-state index contributed by atoms with van der Waals surface area (Å²) in [7, 11) is 2.00. The molecule has 0 spiro atoms. The number of piperazine rings is 1. The molecule has 0 aliphatic carbocycles. The third-order valence-electron chi connectivity index (χ3n) is 3.89. The Kier molecular flexibility index (Phi) is 4.43. The van der Waals surface area contributed by atoms with Gasteiger partial charge in [0, 0.05) is 19.1 Å². The Morgan fingerprint density at radius 1 is 1.50 bits per heavy atom. The summed E-state index contributed by atoms with van der Waals surface area (Å²) in [6.45, 7) is 1.21. The number of hydrogen-bond donors (Lipinski definition) is 3. The minimum atomic E-state index is -1.11. The van der Waals surface area contributed by atoms with Crippen molar-refractivity contribution in [1.29, 1.82) is 0 Å². The number of urea groups is 1. The van der Waals surface area contributed by atoms with Crippen molar-refractivity contribution >= 4 is 17.9 Å². The quantitative estimate of drug-likeness (QED) is 0.596. The van der Waals surface area contributed by atoms with Gasteiger partial charge in [0.05, 0.1) is 0 Å². The first-order chi connectivity index (χ1) is 9.49.